The third-order valence-electron chi connectivity index (χ3n) is 5.13. The highest BCUT2D eigenvalue weighted by Gasteiger charge is 2.38. The average Bonchev–Trinajstić information content (AvgIpc) is 3.19. The van der Waals surface area contributed by atoms with Gasteiger partial charge < -0.3 is 26.0 Å². The van der Waals surface area contributed by atoms with Crippen molar-refractivity contribution in [1.82, 2.24) is 15.5 Å². The molecule has 9 heteroatoms. The van der Waals surface area contributed by atoms with Gasteiger partial charge in [0.1, 0.15) is 17.8 Å². The predicted molar refractivity (Wildman–Crippen MR) is 117 cm³/mol. The van der Waals surface area contributed by atoms with Crippen LogP contribution >= 0.6 is 12.4 Å². The lowest BCUT2D eigenvalue weighted by Crippen LogP contribution is -2.56. The molecule has 0 aliphatic carbocycles. The van der Waals surface area contributed by atoms with Crippen molar-refractivity contribution < 1.29 is 19.1 Å². The molecule has 4 N–H and O–H groups in total. The summed E-state index contributed by atoms with van der Waals surface area (Å²) in [5, 5.41) is 5.63. The molecule has 8 nitrogen and oxygen atoms in total. The quantitative estimate of drug-likeness (QED) is 0.562. The van der Waals surface area contributed by atoms with Crippen molar-refractivity contribution in [3.63, 3.8) is 0 Å². The number of benzene rings is 1. The minimum Gasteiger partial charge on any atom is -0.496 e. The molecule has 168 valence electrons. The van der Waals surface area contributed by atoms with Crippen molar-refractivity contribution >= 4 is 30.1 Å². The van der Waals surface area contributed by atoms with Crippen LogP contribution in [0, 0.1) is 5.92 Å². The van der Waals surface area contributed by atoms with Crippen LogP contribution in [0.3, 0.4) is 0 Å². The van der Waals surface area contributed by atoms with Gasteiger partial charge in [-0.05, 0) is 31.7 Å². The predicted octanol–water partition coefficient (Wildman–Crippen LogP) is 1.21. The summed E-state index contributed by atoms with van der Waals surface area (Å²) in [6, 6.07) is 5.49. The van der Waals surface area contributed by atoms with Crippen LogP contribution in [0.1, 0.15) is 39.2 Å². The van der Waals surface area contributed by atoms with Crippen LogP contribution in [0.15, 0.2) is 24.3 Å². The highest BCUT2D eigenvalue weighted by atomic mass is 35.5. The van der Waals surface area contributed by atoms with Gasteiger partial charge >= 0.3 is 0 Å². The third kappa shape index (κ3) is 6.34. The van der Waals surface area contributed by atoms with Gasteiger partial charge in [-0.3, -0.25) is 14.4 Å². The number of hydrogen-bond acceptors (Lipinski definition) is 5. The Morgan fingerprint density at radius 1 is 1.23 bits per heavy atom. The Bertz CT molecular complexity index is 741. The number of halogens is 1. The van der Waals surface area contributed by atoms with E-state index in [-0.39, 0.29) is 36.0 Å². The average molecular weight is 441 g/mol. The molecule has 0 radical (unpaired) electrons. The molecule has 1 aliphatic rings. The number of carbonyl (C=O) groups is 3. The molecule has 1 aliphatic heterocycles. The molecule has 1 heterocycles. The lowest BCUT2D eigenvalue weighted by molar-refractivity contribution is -0.142. The first-order valence-electron chi connectivity index (χ1n) is 10.0. The van der Waals surface area contributed by atoms with E-state index in [1.165, 1.54) is 0 Å². The van der Waals surface area contributed by atoms with Crippen molar-refractivity contribution in [2.75, 3.05) is 13.7 Å². The highest BCUT2D eigenvalue weighted by molar-refractivity contribution is 5.93. The molecule has 2 rings (SSSR count). The molecule has 0 saturated carbocycles. The molecule has 1 aromatic rings. The number of likely N-dealkylation sites (tertiary alicyclic amines) is 1. The maximum absolute atomic E-state index is 13.1. The van der Waals surface area contributed by atoms with E-state index in [1.807, 2.05) is 38.1 Å². The van der Waals surface area contributed by atoms with Gasteiger partial charge in [0.15, 0.2) is 0 Å². The Balaban J connectivity index is 0.00000450. The monoisotopic (exact) mass is 440 g/mol. The molecule has 30 heavy (non-hydrogen) atoms. The number of para-hydroxylation sites is 1. The second kappa shape index (κ2) is 11.8. The van der Waals surface area contributed by atoms with Crippen LogP contribution in [0.25, 0.3) is 0 Å². The minimum atomic E-state index is -0.712. The molecule has 0 unspecified atom stereocenters. The van der Waals surface area contributed by atoms with Crippen LogP contribution in [-0.2, 0) is 20.9 Å². The van der Waals surface area contributed by atoms with Crippen LogP contribution < -0.4 is 21.1 Å². The van der Waals surface area contributed by atoms with E-state index in [0.717, 1.165) is 12.0 Å². The summed E-state index contributed by atoms with van der Waals surface area (Å²) in [7, 11) is 1.58. The number of nitrogens with two attached hydrogens (primary N) is 1. The fraction of sp³-hybridized carbons (Fsp3) is 0.571. The normalized spacial score (nSPS) is 17.7. The molecule has 0 aromatic heterocycles. The van der Waals surface area contributed by atoms with Gasteiger partial charge in [0.05, 0.1) is 13.2 Å². The summed E-state index contributed by atoms with van der Waals surface area (Å²) in [5.74, 6) is -0.256. The van der Waals surface area contributed by atoms with Crippen LogP contribution in [-0.4, -0.2) is 54.4 Å². The van der Waals surface area contributed by atoms with Crippen LogP contribution in [0.4, 0.5) is 0 Å². The second-order valence-corrected chi connectivity index (χ2v) is 7.74. The summed E-state index contributed by atoms with van der Waals surface area (Å²) in [6.45, 7) is 6.09. The van der Waals surface area contributed by atoms with Gasteiger partial charge in [-0.1, -0.05) is 32.0 Å². The van der Waals surface area contributed by atoms with Crippen molar-refractivity contribution in [2.24, 2.45) is 11.7 Å². The number of methoxy groups -OCH3 is 1. The first-order chi connectivity index (χ1) is 13.8. The lowest BCUT2D eigenvalue weighted by Gasteiger charge is -2.31. The standard InChI is InChI=1S/C21H32N4O4.ClH/c1-13(2)18(24-19(26)14(3)22)21(28)25-11-7-9-16(25)20(27)23-12-15-8-5-6-10-17(15)29-4;/h5-6,8,10,13-14,16,18H,7,9,11-12,22H2,1-4H3,(H,23,27)(H,24,26);1H/t14-,16-,18-;/m0./s1. The van der Waals surface area contributed by atoms with Gasteiger partial charge in [0, 0.05) is 18.7 Å². The molecule has 1 fully saturated rings. The molecule has 0 bridgehead atoms. The fourth-order valence-electron chi connectivity index (χ4n) is 3.43. The number of carbonyl (C=O) groups excluding carboxylic acids is 3. The second-order valence-electron chi connectivity index (χ2n) is 7.74. The number of ether oxygens (including phenoxy) is 1. The van der Waals surface area contributed by atoms with E-state index in [9.17, 15) is 14.4 Å². The zero-order chi connectivity index (χ0) is 21.6. The van der Waals surface area contributed by atoms with Gasteiger partial charge in [-0.15, -0.1) is 12.4 Å². The summed E-state index contributed by atoms with van der Waals surface area (Å²) in [5.41, 5.74) is 6.49. The van der Waals surface area contributed by atoms with Gasteiger partial charge in [0.25, 0.3) is 0 Å². The van der Waals surface area contributed by atoms with Crippen molar-refractivity contribution in [3.8, 4) is 5.75 Å². The van der Waals surface area contributed by atoms with Crippen molar-refractivity contribution in [2.45, 2.75) is 58.3 Å². The molecule has 3 atom stereocenters. The first-order valence-corrected chi connectivity index (χ1v) is 10.0. The maximum Gasteiger partial charge on any atom is 0.246 e. The summed E-state index contributed by atoms with van der Waals surface area (Å²) in [4.78, 5) is 39.5. The van der Waals surface area contributed by atoms with Gasteiger partial charge in [-0.25, -0.2) is 0 Å². The molecule has 0 spiro atoms. The fourth-order valence-corrected chi connectivity index (χ4v) is 3.43. The minimum absolute atomic E-state index is 0. The number of rotatable bonds is 8. The molecule has 1 saturated heterocycles. The Kier molecular flexibility index (Phi) is 10.1. The topological polar surface area (TPSA) is 114 Å². The number of hydrogen-bond donors (Lipinski definition) is 3. The Labute approximate surface area is 184 Å². The maximum atomic E-state index is 13.1. The van der Waals surface area contributed by atoms with Crippen LogP contribution in [0.2, 0.25) is 0 Å². The van der Waals surface area contributed by atoms with E-state index < -0.39 is 18.1 Å². The highest BCUT2D eigenvalue weighted by Crippen LogP contribution is 2.21. The summed E-state index contributed by atoms with van der Waals surface area (Å²) < 4.78 is 5.31. The zero-order valence-electron chi connectivity index (χ0n) is 18.0. The first kappa shape index (κ1) is 25.7. The largest absolute Gasteiger partial charge is 0.496 e. The number of nitrogens with zero attached hydrogens (tertiary/aromatic N) is 1. The van der Waals surface area contributed by atoms with E-state index in [4.69, 9.17) is 10.5 Å². The van der Waals surface area contributed by atoms with E-state index in [0.29, 0.717) is 25.3 Å². The Morgan fingerprint density at radius 3 is 2.50 bits per heavy atom. The molecular weight excluding hydrogens is 408 g/mol. The van der Waals surface area contributed by atoms with E-state index in [1.54, 1.807) is 18.9 Å². The van der Waals surface area contributed by atoms with Crippen molar-refractivity contribution in [3.05, 3.63) is 29.8 Å². The van der Waals surface area contributed by atoms with Gasteiger partial charge in [-0.2, -0.15) is 0 Å². The third-order valence-corrected chi connectivity index (χ3v) is 5.13. The van der Waals surface area contributed by atoms with Crippen LogP contribution in [0.5, 0.6) is 5.75 Å². The lowest BCUT2D eigenvalue weighted by atomic mass is 10.0. The van der Waals surface area contributed by atoms with E-state index >= 15 is 0 Å². The molecule has 1 aromatic carbocycles. The smallest absolute Gasteiger partial charge is 0.246 e. The molecule has 3 amide bonds. The number of amides is 3. The number of nitrogens with one attached hydrogen (secondary N) is 2. The van der Waals surface area contributed by atoms with Crippen molar-refractivity contribution in [1.29, 1.82) is 0 Å². The molecular formula is C21H33ClN4O4. The SMILES string of the molecule is COc1ccccc1CNC(=O)[C@@H]1CCCN1C(=O)[C@@H](NC(=O)[C@H](C)N)C(C)C.Cl. The summed E-state index contributed by atoms with van der Waals surface area (Å²) in [6.07, 6.45) is 1.33. The Morgan fingerprint density at radius 2 is 1.90 bits per heavy atom. The Hall–Kier alpha value is -2.32. The van der Waals surface area contributed by atoms with E-state index in [2.05, 4.69) is 10.6 Å². The zero-order valence-corrected chi connectivity index (χ0v) is 18.8. The van der Waals surface area contributed by atoms with Gasteiger partial charge in [0.2, 0.25) is 17.7 Å². The summed E-state index contributed by atoms with van der Waals surface area (Å²) >= 11 is 0.